The molecule has 0 spiro atoms. The number of hydrogen-bond acceptors (Lipinski definition) is 4. The van der Waals surface area contributed by atoms with Crippen molar-refractivity contribution in [2.45, 2.75) is 168 Å². The lowest BCUT2D eigenvalue weighted by molar-refractivity contribution is -0.873. The van der Waals surface area contributed by atoms with Crippen molar-refractivity contribution in [3.63, 3.8) is 0 Å². The molecule has 0 bridgehead atoms. The summed E-state index contributed by atoms with van der Waals surface area (Å²) in [6.45, 7) is 5.59. The minimum atomic E-state index is -0.421. The van der Waals surface area contributed by atoms with E-state index in [-0.39, 0.29) is 30.8 Å². The molecule has 0 saturated carbocycles. The minimum Gasteiger partial charge on any atom is -1.00 e. The molecule has 0 rings (SSSR count). The van der Waals surface area contributed by atoms with Crippen molar-refractivity contribution in [3.8, 4) is 0 Å². The van der Waals surface area contributed by atoms with Gasteiger partial charge in [-0.3, -0.25) is 9.59 Å². The van der Waals surface area contributed by atoms with Gasteiger partial charge in [-0.15, -0.1) is 0 Å². The highest BCUT2D eigenvalue weighted by Crippen LogP contribution is 2.14. The summed E-state index contributed by atoms with van der Waals surface area (Å²) >= 11 is 0. The summed E-state index contributed by atoms with van der Waals surface area (Å²) in [5.41, 5.74) is 0. The van der Waals surface area contributed by atoms with Crippen LogP contribution in [-0.4, -0.2) is 56.8 Å². The maximum absolute atomic E-state index is 12.5. The van der Waals surface area contributed by atoms with E-state index in [1.165, 1.54) is 109 Å². The van der Waals surface area contributed by atoms with E-state index in [0.29, 0.717) is 24.1 Å². The molecule has 0 aromatic heterocycles. The van der Waals surface area contributed by atoms with Crippen LogP contribution in [0.3, 0.4) is 0 Å². The Morgan fingerprint density at radius 1 is 0.564 bits per heavy atom. The number of hydrogen-bond donors (Lipinski definition) is 0. The molecule has 39 heavy (non-hydrogen) atoms. The Morgan fingerprint density at radius 3 is 1.36 bits per heavy atom. The highest BCUT2D eigenvalue weighted by atomic mass is 35.5. The van der Waals surface area contributed by atoms with Gasteiger partial charge in [0.1, 0.15) is 6.54 Å². The molecule has 0 aliphatic rings. The predicted molar refractivity (Wildman–Crippen MR) is 161 cm³/mol. The van der Waals surface area contributed by atoms with Crippen molar-refractivity contribution in [3.05, 3.63) is 0 Å². The van der Waals surface area contributed by atoms with Gasteiger partial charge in [0.15, 0.2) is 6.10 Å². The first kappa shape index (κ1) is 40.3. The standard InChI is InChI=1S/C33H66NO4.ClH/c1-6-8-10-12-14-16-17-18-19-21-23-25-27-32(35)38-31(30-34(3,4)5)29-33(36)37-28-26-24-22-20-15-13-11-9-7-2;/h31H,6-30H2,1-5H3;1H/q+1;/p-1/t31-;/m0./s1. The topological polar surface area (TPSA) is 52.6 Å². The van der Waals surface area contributed by atoms with Crippen molar-refractivity contribution < 1.29 is 36.0 Å². The zero-order valence-electron chi connectivity index (χ0n) is 26.7. The lowest BCUT2D eigenvalue weighted by Crippen LogP contribution is -3.00. The van der Waals surface area contributed by atoms with Gasteiger partial charge in [-0.2, -0.15) is 0 Å². The fraction of sp³-hybridized carbons (Fsp3) is 0.939. The molecule has 0 aromatic rings. The van der Waals surface area contributed by atoms with Crippen LogP contribution >= 0.6 is 0 Å². The van der Waals surface area contributed by atoms with Crippen LogP contribution in [0, 0.1) is 0 Å². The van der Waals surface area contributed by atoms with E-state index >= 15 is 0 Å². The molecule has 0 fully saturated rings. The minimum absolute atomic E-state index is 0. The molecule has 6 heteroatoms. The average molecular weight is 576 g/mol. The Labute approximate surface area is 249 Å². The van der Waals surface area contributed by atoms with E-state index in [9.17, 15) is 9.59 Å². The molecule has 0 aliphatic carbocycles. The Balaban J connectivity index is 0. The van der Waals surface area contributed by atoms with Crippen LogP contribution in [0.4, 0.5) is 0 Å². The van der Waals surface area contributed by atoms with Gasteiger partial charge >= 0.3 is 11.9 Å². The van der Waals surface area contributed by atoms with Gasteiger partial charge in [-0.25, -0.2) is 0 Å². The van der Waals surface area contributed by atoms with Gasteiger partial charge in [-0.1, -0.05) is 136 Å². The normalized spacial score (nSPS) is 12.1. The molecule has 0 aromatic carbocycles. The van der Waals surface area contributed by atoms with Crippen molar-refractivity contribution in [1.29, 1.82) is 0 Å². The predicted octanol–water partition coefficient (Wildman–Crippen LogP) is 6.16. The zero-order valence-corrected chi connectivity index (χ0v) is 27.5. The molecule has 0 unspecified atom stereocenters. The third-order valence-electron chi connectivity index (χ3n) is 7.19. The van der Waals surface area contributed by atoms with Crippen molar-refractivity contribution >= 4 is 11.9 Å². The third kappa shape index (κ3) is 31.6. The lowest BCUT2D eigenvalue weighted by atomic mass is 10.0. The van der Waals surface area contributed by atoms with Gasteiger partial charge in [0, 0.05) is 6.42 Å². The van der Waals surface area contributed by atoms with E-state index in [1.54, 1.807) is 0 Å². The average Bonchev–Trinajstić information content (AvgIpc) is 2.84. The number of unbranched alkanes of at least 4 members (excludes halogenated alkanes) is 19. The summed E-state index contributed by atoms with van der Waals surface area (Å²) in [7, 11) is 6.17. The summed E-state index contributed by atoms with van der Waals surface area (Å²) in [5.74, 6) is -0.427. The second kappa shape index (κ2) is 28.7. The summed E-state index contributed by atoms with van der Waals surface area (Å²) in [6, 6.07) is 0. The molecular weight excluding hydrogens is 510 g/mol. The van der Waals surface area contributed by atoms with Crippen LogP contribution < -0.4 is 12.4 Å². The molecule has 0 N–H and O–H groups in total. The summed E-state index contributed by atoms with van der Waals surface area (Å²) in [6.07, 6.45) is 26.6. The zero-order chi connectivity index (χ0) is 28.3. The maximum atomic E-state index is 12.5. The number of carbonyl (C=O) groups excluding carboxylic acids is 2. The second-order valence-electron chi connectivity index (χ2n) is 12.5. The first-order valence-electron chi connectivity index (χ1n) is 16.4. The summed E-state index contributed by atoms with van der Waals surface area (Å²) in [4.78, 5) is 24.9. The maximum Gasteiger partial charge on any atom is 0.309 e. The number of halogens is 1. The van der Waals surface area contributed by atoms with Gasteiger partial charge < -0.3 is 26.4 Å². The highest BCUT2D eigenvalue weighted by molar-refractivity contribution is 5.72. The number of likely N-dealkylation sites (N-methyl/N-ethyl adjacent to an activating group) is 1. The quantitative estimate of drug-likeness (QED) is 0.0636. The molecule has 0 radical (unpaired) electrons. The lowest BCUT2D eigenvalue weighted by Gasteiger charge is -2.28. The van der Waals surface area contributed by atoms with Gasteiger partial charge in [0.2, 0.25) is 0 Å². The van der Waals surface area contributed by atoms with Crippen LogP contribution in [0.15, 0.2) is 0 Å². The first-order valence-corrected chi connectivity index (χ1v) is 16.4. The molecule has 0 aliphatic heterocycles. The molecule has 0 saturated heterocycles. The van der Waals surface area contributed by atoms with Crippen molar-refractivity contribution in [2.24, 2.45) is 0 Å². The van der Waals surface area contributed by atoms with E-state index in [2.05, 4.69) is 35.0 Å². The van der Waals surface area contributed by atoms with E-state index < -0.39 is 6.10 Å². The fourth-order valence-electron chi connectivity index (χ4n) is 4.95. The smallest absolute Gasteiger partial charge is 0.309 e. The third-order valence-corrected chi connectivity index (χ3v) is 7.19. The Morgan fingerprint density at radius 2 is 0.949 bits per heavy atom. The summed E-state index contributed by atoms with van der Waals surface area (Å²) < 4.78 is 11.9. The molecule has 5 nitrogen and oxygen atoms in total. The molecule has 0 heterocycles. The van der Waals surface area contributed by atoms with Crippen molar-refractivity contribution in [2.75, 3.05) is 34.3 Å². The van der Waals surface area contributed by atoms with Crippen LogP contribution in [0.1, 0.15) is 162 Å². The second-order valence-corrected chi connectivity index (χ2v) is 12.5. The van der Waals surface area contributed by atoms with Crippen LogP contribution in [-0.2, 0) is 19.1 Å². The van der Waals surface area contributed by atoms with E-state index in [4.69, 9.17) is 9.47 Å². The summed E-state index contributed by atoms with van der Waals surface area (Å²) in [5, 5.41) is 0. The Kier molecular flexibility index (Phi) is 29.7. The first-order chi connectivity index (χ1) is 18.3. The van der Waals surface area contributed by atoms with Gasteiger partial charge in [0.05, 0.1) is 34.2 Å². The number of esters is 2. The van der Waals surface area contributed by atoms with E-state index in [1.807, 2.05) is 0 Å². The van der Waals surface area contributed by atoms with Gasteiger partial charge in [-0.05, 0) is 12.8 Å². The fourth-order valence-corrected chi connectivity index (χ4v) is 4.95. The molecular formula is C33H66ClNO4. The number of rotatable bonds is 28. The molecule has 1 atom stereocenters. The molecule has 0 amide bonds. The van der Waals surface area contributed by atoms with Crippen LogP contribution in [0.25, 0.3) is 0 Å². The SMILES string of the molecule is CCCCCCCCCCCCCCC(=O)O[C@@H](CC(=O)OCCCCCCCCCCC)C[N+](C)(C)C.[Cl-]. The monoisotopic (exact) mass is 575 g/mol. The van der Waals surface area contributed by atoms with Crippen molar-refractivity contribution in [1.82, 2.24) is 0 Å². The number of nitrogens with zero attached hydrogens (tertiary/aromatic N) is 1. The van der Waals surface area contributed by atoms with Crippen LogP contribution in [0.5, 0.6) is 0 Å². The number of ether oxygens (including phenoxy) is 2. The number of quaternary nitrogens is 1. The Bertz CT molecular complexity index is 550. The largest absolute Gasteiger partial charge is 1.00 e. The number of carbonyl (C=O) groups is 2. The van der Waals surface area contributed by atoms with E-state index in [0.717, 1.165) is 25.7 Å². The van der Waals surface area contributed by atoms with Crippen LogP contribution in [0.2, 0.25) is 0 Å². The molecule has 234 valence electrons. The Hall–Kier alpha value is -0.810. The highest BCUT2D eigenvalue weighted by Gasteiger charge is 2.25. The van der Waals surface area contributed by atoms with Gasteiger partial charge in [0.25, 0.3) is 0 Å².